The van der Waals surface area contributed by atoms with Crippen molar-refractivity contribution in [3.63, 3.8) is 0 Å². The number of anilines is 1. The molecule has 19 heavy (non-hydrogen) atoms. The molecular weight excluding hydrogens is 238 g/mol. The Morgan fingerprint density at radius 2 is 1.84 bits per heavy atom. The topological polar surface area (TPSA) is 44.4 Å². The third-order valence-corrected chi connectivity index (χ3v) is 3.55. The van der Waals surface area contributed by atoms with Crippen molar-refractivity contribution < 1.29 is 4.79 Å². The molecule has 0 radical (unpaired) electrons. The van der Waals surface area contributed by atoms with E-state index in [0.29, 0.717) is 6.54 Å². The Labute approximate surface area is 115 Å². The molecular formula is C15H23N3O. The molecule has 4 nitrogen and oxygen atoms in total. The lowest BCUT2D eigenvalue weighted by molar-refractivity contribution is 0.0749. The molecule has 2 amide bonds. The molecule has 0 saturated carbocycles. The molecule has 1 aliphatic rings. The lowest BCUT2D eigenvalue weighted by Crippen LogP contribution is -2.68. The van der Waals surface area contributed by atoms with Crippen molar-refractivity contribution in [1.29, 1.82) is 0 Å². The van der Waals surface area contributed by atoms with Crippen molar-refractivity contribution in [2.45, 2.75) is 38.8 Å². The number of urea groups is 1. The van der Waals surface area contributed by atoms with Crippen LogP contribution in [-0.2, 0) is 0 Å². The van der Waals surface area contributed by atoms with Gasteiger partial charge in [-0.15, -0.1) is 0 Å². The number of carbonyl (C=O) groups is 1. The molecule has 1 aromatic rings. The van der Waals surface area contributed by atoms with Crippen LogP contribution in [0.2, 0.25) is 0 Å². The van der Waals surface area contributed by atoms with Crippen LogP contribution in [0.5, 0.6) is 0 Å². The third kappa shape index (κ3) is 3.26. The van der Waals surface area contributed by atoms with Crippen LogP contribution in [0.15, 0.2) is 30.3 Å². The Bertz CT molecular complexity index is 454. The first-order valence-corrected chi connectivity index (χ1v) is 6.69. The van der Waals surface area contributed by atoms with E-state index in [4.69, 9.17) is 0 Å². The number of benzene rings is 1. The van der Waals surface area contributed by atoms with E-state index in [1.807, 2.05) is 35.2 Å². The van der Waals surface area contributed by atoms with Crippen LogP contribution < -0.4 is 10.6 Å². The van der Waals surface area contributed by atoms with E-state index >= 15 is 0 Å². The number of hydrogen-bond acceptors (Lipinski definition) is 2. The van der Waals surface area contributed by atoms with E-state index in [1.54, 1.807) is 0 Å². The van der Waals surface area contributed by atoms with Crippen molar-refractivity contribution in [2.75, 3.05) is 18.4 Å². The Kier molecular flexibility index (Phi) is 3.54. The van der Waals surface area contributed by atoms with Gasteiger partial charge in [0.15, 0.2) is 0 Å². The second kappa shape index (κ2) is 4.85. The highest BCUT2D eigenvalue weighted by Gasteiger charge is 2.40. The maximum Gasteiger partial charge on any atom is 0.322 e. The molecule has 2 N–H and O–H groups in total. The molecule has 2 rings (SSSR count). The average Bonchev–Trinajstić information content (AvgIpc) is 2.34. The quantitative estimate of drug-likeness (QED) is 0.816. The molecule has 4 heteroatoms. The smallest absolute Gasteiger partial charge is 0.316 e. The largest absolute Gasteiger partial charge is 0.322 e. The second-order valence-corrected chi connectivity index (χ2v) is 6.43. The zero-order chi connectivity index (χ0) is 14.1. The van der Waals surface area contributed by atoms with Gasteiger partial charge in [0, 0.05) is 24.3 Å². The van der Waals surface area contributed by atoms with Gasteiger partial charge in [-0.1, -0.05) is 18.2 Å². The van der Waals surface area contributed by atoms with Crippen molar-refractivity contribution in [1.82, 2.24) is 10.2 Å². The van der Waals surface area contributed by atoms with Crippen LogP contribution in [0.1, 0.15) is 27.7 Å². The molecule has 1 aromatic carbocycles. The molecule has 1 fully saturated rings. The highest BCUT2D eigenvalue weighted by atomic mass is 16.2. The van der Waals surface area contributed by atoms with Crippen molar-refractivity contribution in [2.24, 2.45) is 0 Å². The van der Waals surface area contributed by atoms with Gasteiger partial charge in [0.2, 0.25) is 0 Å². The molecule has 0 bridgehead atoms. The molecule has 0 aromatic heterocycles. The lowest BCUT2D eigenvalue weighted by atomic mass is 9.92. The van der Waals surface area contributed by atoms with E-state index in [1.165, 1.54) is 0 Å². The van der Waals surface area contributed by atoms with Gasteiger partial charge in [0.05, 0.1) is 5.54 Å². The van der Waals surface area contributed by atoms with E-state index in [-0.39, 0.29) is 17.1 Å². The molecule has 0 unspecified atom stereocenters. The zero-order valence-corrected chi connectivity index (χ0v) is 12.2. The van der Waals surface area contributed by atoms with Crippen LogP contribution in [0.25, 0.3) is 0 Å². The van der Waals surface area contributed by atoms with Crippen LogP contribution in [0, 0.1) is 0 Å². The summed E-state index contributed by atoms with van der Waals surface area (Å²) in [6, 6.07) is 9.54. The van der Waals surface area contributed by atoms with Gasteiger partial charge < -0.3 is 15.5 Å². The second-order valence-electron chi connectivity index (χ2n) is 6.43. The summed E-state index contributed by atoms with van der Waals surface area (Å²) in [6.07, 6.45) is 0. The van der Waals surface area contributed by atoms with Crippen molar-refractivity contribution in [3.05, 3.63) is 30.3 Å². The molecule has 104 valence electrons. The summed E-state index contributed by atoms with van der Waals surface area (Å²) in [7, 11) is 0. The minimum Gasteiger partial charge on any atom is -0.316 e. The molecule has 1 aliphatic heterocycles. The predicted octanol–water partition coefficient (Wildman–Crippen LogP) is 2.68. The van der Waals surface area contributed by atoms with E-state index in [0.717, 1.165) is 12.2 Å². The maximum atomic E-state index is 12.5. The third-order valence-electron chi connectivity index (χ3n) is 3.55. The summed E-state index contributed by atoms with van der Waals surface area (Å²) >= 11 is 0. The fourth-order valence-electron chi connectivity index (χ4n) is 2.28. The van der Waals surface area contributed by atoms with E-state index in [2.05, 4.69) is 38.3 Å². The Morgan fingerprint density at radius 3 is 2.47 bits per heavy atom. The number of piperazine rings is 1. The predicted molar refractivity (Wildman–Crippen MR) is 78.3 cm³/mol. The number of carbonyl (C=O) groups excluding carboxylic acids is 1. The lowest BCUT2D eigenvalue weighted by Gasteiger charge is -2.49. The summed E-state index contributed by atoms with van der Waals surface area (Å²) in [5, 5.41) is 6.44. The van der Waals surface area contributed by atoms with E-state index in [9.17, 15) is 4.79 Å². The van der Waals surface area contributed by atoms with Gasteiger partial charge in [0.1, 0.15) is 0 Å². The number of hydrogen-bond donors (Lipinski definition) is 2. The Morgan fingerprint density at radius 1 is 1.21 bits per heavy atom. The van der Waals surface area contributed by atoms with Gasteiger partial charge >= 0.3 is 6.03 Å². The average molecular weight is 261 g/mol. The van der Waals surface area contributed by atoms with E-state index < -0.39 is 0 Å². The normalized spacial score (nSPS) is 20.9. The summed E-state index contributed by atoms with van der Waals surface area (Å²) in [6.45, 7) is 9.89. The summed E-state index contributed by atoms with van der Waals surface area (Å²) in [5.41, 5.74) is 0.595. The first-order valence-electron chi connectivity index (χ1n) is 6.69. The zero-order valence-electron chi connectivity index (χ0n) is 12.2. The Hall–Kier alpha value is -1.55. The van der Waals surface area contributed by atoms with Gasteiger partial charge in [0.25, 0.3) is 0 Å². The highest BCUT2D eigenvalue weighted by Crippen LogP contribution is 2.24. The van der Waals surface area contributed by atoms with Crippen LogP contribution >= 0.6 is 0 Å². The molecule has 0 atom stereocenters. The summed E-state index contributed by atoms with van der Waals surface area (Å²) in [4.78, 5) is 14.4. The van der Waals surface area contributed by atoms with Crippen LogP contribution in [0.4, 0.5) is 10.5 Å². The van der Waals surface area contributed by atoms with Gasteiger partial charge in [-0.3, -0.25) is 0 Å². The number of para-hydroxylation sites is 1. The van der Waals surface area contributed by atoms with Crippen molar-refractivity contribution in [3.8, 4) is 0 Å². The molecule has 0 spiro atoms. The number of nitrogens with zero attached hydrogens (tertiary/aromatic N) is 1. The van der Waals surface area contributed by atoms with Gasteiger partial charge in [-0.2, -0.15) is 0 Å². The summed E-state index contributed by atoms with van der Waals surface area (Å²) < 4.78 is 0. The molecule has 0 aliphatic carbocycles. The minimum absolute atomic E-state index is 0.0363. The van der Waals surface area contributed by atoms with Crippen LogP contribution in [0.3, 0.4) is 0 Å². The number of amides is 2. The van der Waals surface area contributed by atoms with Crippen molar-refractivity contribution >= 4 is 11.7 Å². The monoisotopic (exact) mass is 261 g/mol. The summed E-state index contributed by atoms with van der Waals surface area (Å²) in [5.74, 6) is 0. The minimum atomic E-state index is -0.186. The standard InChI is InChI=1S/C15H23N3O/c1-14(2)11-18(15(3,4)10-16-14)13(19)17-12-8-6-5-7-9-12/h5-9,16H,10-11H2,1-4H3,(H,17,19). The Balaban J connectivity index is 2.12. The molecule has 1 saturated heterocycles. The van der Waals surface area contributed by atoms with Gasteiger partial charge in [-0.25, -0.2) is 4.79 Å². The fraction of sp³-hybridized carbons (Fsp3) is 0.533. The molecule has 1 heterocycles. The number of nitrogens with one attached hydrogen (secondary N) is 2. The van der Waals surface area contributed by atoms with Gasteiger partial charge in [-0.05, 0) is 39.8 Å². The number of rotatable bonds is 1. The van der Waals surface area contributed by atoms with Crippen LogP contribution in [-0.4, -0.2) is 35.1 Å². The first-order chi connectivity index (χ1) is 8.80. The highest BCUT2D eigenvalue weighted by molar-refractivity contribution is 5.90. The fourth-order valence-corrected chi connectivity index (χ4v) is 2.28. The first kappa shape index (κ1) is 13.9. The SMILES string of the molecule is CC1(C)CN(C(=O)Nc2ccccc2)C(C)(C)CN1. The maximum absolute atomic E-state index is 12.5.